The van der Waals surface area contributed by atoms with Crippen LogP contribution in [0.1, 0.15) is 20.3 Å². The molecule has 0 aromatic rings. The summed E-state index contributed by atoms with van der Waals surface area (Å²) < 4.78 is 0. The average Bonchev–Trinajstić information content (AvgIpc) is 2.62. The van der Waals surface area contributed by atoms with Crippen molar-refractivity contribution in [2.75, 3.05) is 13.1 Å². The summed E-state index contributed by atoms with van der Waals surface area (Å²) in [6.45, 7) is 4.38. The van der Waals surface area contributed by atoms with Gasteiger partial charge in [-0.25, -0.2) is 0 Å². The fraction of sp³-hybridized carbons (Fsp3) is 0.700. The van der Waals surface area contributed by atoms with Crippen LogP contribution in [0, 0.1) is 5.92 Å². The maximum absolute atomic E-state index is 11.9. The van der Waals surface area contributed by atoms with Crippen molar-refractivity contribution in [1.82, 2.24) is 10.2 Å². The van der Waals surface area contributed by atoms with Crippen LogP contribution in [0.5, 0.6) is 0 Å². The molecule has 6 heteroatoms. The van der Waals surface area contributed by atoms with Gasteiger partial charge < -0.3 is 16.0 Å². The molecule has 90 valence electrons. The molecule has 1 heterocycles. The fourth-order valence-corrected chi connectivity index (χ4v) is 1.86. The predicted molar refractivity (Wildman–Crippen MR) is 64.8 cm³/mol. The number of nitrogens with one attached hydrogen (secondary N) is 1. The molecule has 1 aliphatic rings. The Labute approximate surface area is 100 Å². The van der Waals surface area contributed by atoms with E-state index in [1.165, 1.54) is 6.92 Å². The second-order valence-corrected chi connectivity index (χ2v) is 4.57. The van der Waals surface area contributed by atoms with Gasteiger partial charge in [-0.2, -0.15) is 0 Å². The molecule has 1 rings (SSSR count). The lowest BCUT2D eigenvalue weighted by atomic mass is 10.1. The van der Waals surface area contributed by atoms with E-state index in [1.807, 2.05) is 0 Å². The lowest BCUT2D eigenvalue weighted by Crippen LogP contribution is -2.41. The standard InChI is InChI=1S/C10H17N3O2S/c1-6(9(11)16)10(15)13-4-3-8(5-13)12-7(2)14/h6,8H,3-5H2,1-2H3,(H2,11,16)(H,12,14). The third-order valence-corrected chi connectivity index (χ3v) is 3.06. The van der Waals surface area contributed by atoms with Gasteiger partial charge in [0, 0.05) is 26.1 Å². The van der Waals surface area contributed by atoms with E-state index in [4.69, 9.17) is 18.0 Å². The lowest BCUT2D eigenvalue weighted by molar-refractivity contribution is -0.132. The first-order chi connectivity index (χ1) is 7.41. The molecule has 3 N–H and O–H groups in total. The van der Waals surface area contributed by atoms with E-state index in [2.05, 4.69) is 5.32 Å². The van der Waals surface area contributed by atoms with Gasteiger partial charge in [-0.15, -0.1) is 0 Å². The summed E-state index contributed by atoms with van der Waals surface area (Å²) in [6.07, 6.45) is 0.787. The number of amides is 2. The predicted octanol–water partition coefficient (Wildman–Crippen LogP) is -0.354. The Kier molecular flexibility index (Phi) is 4.23. The minimum atomic E-state index is -0.425. The van der Waals surface area contributed by atoms with Gasteiger partial charge in [-0.05, 0) is 13.3 Å². The van der Waals surface area contributed by atoms with Crippen molar-refractivity contribution in [2.24, 2.45) is 11.7 Å². The van der Waals surface area contributed by atoms with E-state index in [-0.39, 0.29) is 22.8 Å². The number of thiocarbonyl (C=S) groups is 1. The molecular weight excluding hydrogens is 226 g/mol. The molecule has 5 nitrogen and oxygen atoms in total. The minimum absolute atomic E-state index is 0.0552. The maximum Gasteiger partial charge on any atom is 0.232 e. The van der Waals surface area contributed by atoms with Crippen molar-refractivity contribution in [2.45, 2.75) is 26.3 Å². The summed E-state index contributed by atoms with van der Waals surface area (Å²) in [7, 11) is 0. The Morgan fingerprint density at radius 1 is 1.56 bits per heavy atom. The van der Waals surface area contributed by atoms with Crippen molar-refractivity contribution < 1.29 is 9.59 Å². The number of hydrogen-bond acceptors (Lipinski definition) is 3. The second-order valence-electron chi connectivity index (χ2n) is 4.09. The molecule has 0 aliphatic carbocycles. The summed E-state index contributed by atoms with van der Waals surface area (Å²) in [5.74, 6) is -0.548. The van der Waals surface area contributed by atoms with Gasteiger partial charge in [0.1, 0.15) is 0 Å². The first-order valence-corrected chi connectivity index (χ1v) is 5.68. The number of carbonyl (C=O) groups is 2. The number of likely N-dealkylation sites (tertiary alicyclic amines) is 1. The molecule has 0 bridgehead atoms. The second kappa shape index (κ2) is 5.25. The van der Waals surface area contributed by atoms with Gasteiger partial charge in [0.25, 0.3) is 0 Å². The third kappa shape index (κ3) is 3.16. The number of rotatable bonds is 3. The van der Waals surface area contributed by atoms with Crippen LogP contribution in [0.3, 0.4) is 0 Å². The number of hydrogen-bond donors (Lipinski definition) is 2. The van der Waals surface area contributed by atoms with Crippen molar-refractivity contribution in [3.05, 3.63) is 0 Å². The van der Waals surface area contributed by atoms with Crippen LogP contribution in [-0.2, 0) is 9.59 Å². The van der Waals surface area contributed by atoms with E-state index < -0.39 is 5.92 Å². The molecule has 0 aromatic carbocycles. The molecule has 2 atom stereocenters. The van der Waals surface area contributed by atoms with E-state index in [1.54, 1.807) is 11.8 Å². The van der Waals surface area contributed by atoms with Crippen molar-refractivity contribution >= 4 is 29.0 Å². The van der Waals surface area contributed by atoms with Crippen LogP contribution in [0.2, 0.25) is 0 Å². The molecule has 0 aromatic heterocycles. The molecule has 1 fully saturated rings. The molecule has 0 saturated carbocycles. The van der Waals surface area contributed by atoms with Crippen molar-refractivity contribution in [3.8, 4) is 0 Å². The topological polar surface area (TPSA) is 75.4 Å². The Hall–Kier alpha value is -1.17. The van der Waals surface area contributed by atoms with Crippen LogP contribution in [-0.4, -0.2) is 40.8 Å². The average molecular weight is 243 g/mol. The molecule has 0 radical (unpaired) electrons. The summed E-state index contributed by atoms with van der Waals surface area (Å²) in [4.78, 5) is 24.6. The van der Waals surface area contributed by atoms with Crippen molar-refractivity contribution in [1.29, 1.82) is 0 Å². The molecule has 16 heavy (non-hydrogen) atoms. The molecule has 0 spiro atoms. The quantitative estimate of drug-likeness (QED) is 0.664. The van der Waals surface area contributed by atoms with Crippen LogP contribution in [0.15, 0.2) is 0 Å². The highest BCUT2D eigenvalue weighted by Gasteiger charge is 2.30. The smallest absolute Gasteiger partial charge is 0.232 e. The molecule has 2 unspecified atom stereocenters. The highest BCUT2D eigenvalue weighted by atomic mass is 32.1. The monoisotopic (exact) mass is 243 g/mol. The van der Waals surface area contributed by atoms with Gasteiger partial charge in [-0.3, -0.25) is 9.59 Å². The third-order valence-electron chi connectivity index (χ3n) is 2.70. The van der Waals surface area contributed by atoms with E-state index in [9.17, 15) is 9.59 Å². The zero-order valence-corrected chi connectivity index (χ0v) is 10.3. The summed E-state index contributed by atoms with van der Waals surface area (Å²) >= 11 is 4.79. The largest absolute Gasteiger partial charge is 0.393 e. The Balaban J connectivity index is 2.49. The SMILES string of the molecule is CC(=O)NC1CCN(C(=O)C(C)C(N)=S)C1. The number of nitrogens with zero attached hydrogens (tertiary/aromatic N) is 1. The first kappa shape index (κ1) is 12.9. The number of carbonyl (C=O) groups excluding carboxylic acids is 2. The van der Waals surface area contributed by atoms with Gasteiger partial charge in [0.2, 0.25) is 11.8 Å². The van der Waals surface area contributed by atoms with Gasteiger partial charge in [0.15, 0.2) is 0 Å². The summed E-state index contributed by atoms with van der Waals surface area (Å²) in [6, 6.07) is 0.0556. The van der Waals surface area contributed by atoms with E-state index >= 15 is 0 Å². The van der Waals surface area contributed by atoms with E-state index in [0.29, 0.717) is 13.1 Å². The normalized spacial score (nSPS) is 21.6. The van der Waals surface area contributed by atoms with Crippen LogP contribution in [0.4, 0.5) is 0 Å². The van der Waals surface area contributed by atoms with Crippen LogP contribution >= 0.6 is 12.2 Å². The molecule has 1 aliphatic heterocycles. The first-order valence-electron chi connectivity index (χ1n) is 5.27. The highest BCUT2D eigenvalue weighted by molar-refractivity contribution is 7.80. The number of nitrogens with two attached hydrogens (primary N) is 1. The minimum Gasteiger partial charge on any atom is -0.393 e. The Morgan fingerprint density at radius 3 is 2.69 bits per heavy atom. The molecular formula is C10H17N3O2S. The molecule has 2 amide bonds. The zero-order valence-electron chi connectivity index (χ0n) is 9.53. The summed E-state index contributed by atoms with van der Waals surface area (Å²) in [5, 5.41) is 2.80. The van der Waals surface area contributed by atoms with Gasteiger partial charge >= 0.3 is 0 Å². The van der Waals surface area contributed by atoms with Crippen LogP contribution in [0.25, 0.3) is 0 Å². The van der Waals surface area contributed by atoms with Gasteiger partial charge in [-0.1, -0.05) is 12.2 Å². The Bertz CT molecular complexity index is 319. The highest BCUT2D eigenvalue weighted by Crippen LogP contribution is 2.13. The lowest BCUT2D eigenvalue weighted by Gasteiger charge is -2.20. The zero-order chi connectivity index (χ0) is 12.3. The van der Waals surface area contributed by atoms with Crippen molar-refractivity contribution in [3.63, 3.8) is 0 Å². The van der Waals surface area contributed by atoms with Gasteiger partial charge in [0.05, 0.1) is 10.9 Å². The summed E-state index contributed by atoms with van der Waals surface area (Å²) in [5.41, 5.74) is 5.43. The maximum atomic E-state index is 11.9. The van der Waals surface area contributed by atoms with Crippen LogP contribution < -0.4 is 11.1 Å². The van der Waals surface area contributed by atoms with E-state index in [0.717, 1.165) is 6.42 Å². The Morgan fingerprint density at radius 2 is 2.19 bits per heavy atom. The molecule has 1 saturated heterocycles. The fourth-order valence-electron chi connectivity index (χ4n) is 1.76.